The van der Waals surface area contributed by atoms with Gasteiger partial charge in [0.15, 0.2) is 0 Å². The van der Waals surface area contributed by atoms with E-state index in [9.17, 15) is 9.90 Å². The van der Waals surface area contributed by atoms with E-state index < -0.39 is 0 Å². The van der Waals surface area contributed by atoms with Crippen LogP contribution in [0.3, 0.4) is 0 Å². The van der Waals surface area contributed by atoms with Gasteiger partial charge in [-0.25, -0.2) is 4.98 Å². The van der Waals surface area contributed by atoms with Gasteiger partial charge in [-0.15, -0.1) is 11.8 Å². The molecule has 0 spiro atoms. The summed E-state index contributed by atoms with van der Waals surface area (Å²) in [5, 5.41) is 17.0. The Morgan fingerprint density at radius 2 is 2.38 bits per heavy atom. The lowest BCUT2D eigenvalue weighted by atomic mass is 10.1. The first kappa shape index (κ1) is 17.4. The summed E-state index contributed by atoms with van der Waals surface area (Å²) < 4.78 is 0. The monoisotopic (exact) mass is 373 g/mol. The smallest absolute Gasteiger partial charge is 0.259 e. The number of aromatic nitrogens is 2. The lowest BCUT2D eigenvalue weighted by Crippen LogP contribution is -2.46. The van der Waals surface area contributed by atoms with Gasteiger partial charge in [0.25, 0.3) is 5.91 Å². The number of anilines is 1. The fraction of sp³-hybridized carbons (Fsp3) is 0.444. The van der Waals surface area contributed by atoms with E-state index in [2.05, 4.69) is 25.5 Å². The number of amides is 1. The number of thioether (sulfide) groups is 1. The zero-order valence-electron chi connectivity index (χ0n) is 14.6. The average molecular weight is 373 g/mol. The van der Waals surface area contributed by atoms with E-state index in [4.69, 9.17) is 0 Å². The van der Waals surface area contributed by atoms with Crippen molar-refractivity contribution in [1.29, 1.82) is 0 Å². The number of carbonyl (C=O) groups excluding carboxylic acids is 1. The van der Waals surface area contributed by atoms with E-state index in [-0.39, 0.29) is 24.1 Å². The Morgan fingerprint density at radius 1 is 1.50 bits per heavy atom. The summed E-state index contributed by atoms with van der Waals surface area (Å²) in [7, 11) is 0. The highest BCUT2D eigenvalue weighted by atomic mass is 32.2. The number of rotatable bonds is 4. The quantitative estimate of drug-likeness (QED) is 0.643. The van der Waals surface area contributed by atoms with Crippen LogP contribution in [0.2, 0.25) is 0 Å². The number of pyridine rings is 1. The van der Waals surface area contributed by atoms with Crippen LogP contribution in [0.1, 0.15) is 13.3 Å². The van der Waals surface area contributed by atoms with Crippen molar-refractivity contribution in [2.24, 2.45) is 0 Å². The number of fused-ring (bicyclic) bond motifs is 1. The van der Waals surface area contributed by atoms with Gasteiger partial charge < -0.3 is 25.6 Å². The molecule has 1 amide bonds. The fourth-order valence-corrected chi connectivity index (χ4v) is 4.41. The second-order valence-corrected chi connectivity index (χ2v) is 7.91. The van der Waals surface area contributed by atoms with Gasteiger partial charge in [-0.2, -0.15) is 0 Å². The van der Waals surface area contributed by atoms with Crippen LogP contribution < -0.4 is 15.5 Å². The van der Waals surface area contributed by atoms with E-state index in [0.29, 0.717) is 17.9 Å². The van der Waals surface area contributed by atoms with Crippen molar-refractivity contribution in [3.8, 4) is 0 Å². The third kappa shape index (κ3) is 3.44. The van der Waals surface area contributed by atoms with E-state index in [1.165, 1.54) is 0 Å². The van der Waals surface area contributed by atoms with E-state index in [0.717, 1.165) is 29.0 Å². The summed E-state index contributed by atoms with van der Waals surface area (Å²) in [6.07, 6.45) is 5.93. The molecule has 0 aliphatic carbocycles. The van der Waals surface area contributed by atoms with Crippen molar-refractivity contribution in [2.45, 2.75) is 31.5 Å². The number of β-amino-alcohol motifs (C(OH)–C–C–N with tert-alkyl or cyclic N) is 1. The normalized spacial score (nSPS) is 24.5. The highest BCUT2D eigenvalue weighted by Crippen LogP contribution is 2.30. The number of nitrogens with one attached hydrogen (secondary N) is 3. The van der Waals surface area contributed by atoms with Crippen LogP contribution in [-0.4, -0.2) is 58.0 Å². The molecule has 1 saturated heterocycles. The minimum absolute atomic E-state index is 0.0335. The van der Waals surface area contributed by atoms with Gasteiger partial charge in [-0.1, -0.05) is 0 Å². The van der Waals surface area contributed by atoms with Gasteiger partial charge in [0.2, 0.25) is 0 Å². The van der Waals surface area contributed by atoms with Crippen LogP contribution in [0, 0.1) is 0 Å². The number of carbonyl (C=O) groups is 1. The number of nitrogens with zero attached hydrogens (tertiary/aromatic N) is 2. The molecule has 4 heterocycles. The third-order valence-corrected chi connectivity index (χ3v) is 5.93. The van der Waals surface area contributed by atoms with Gasteiger partial charge in [-0.05, 0) is 25.5 Å². The predicted molar refractivity (Wildman–Crippen MR) is 104 cm³/mol. The molecule has 7 nitrogen and oxygen atoms in total. The second-order valence-electron chi connectivity index (χ2n) is 6.77. The molecule has 4 rings (SSSR count). The largest absolute Gasteiger partial charge is 0.392 e. The number of hydrogen-bond donors (Lipinski definition) is 4. The van der Waals surface area contributed by atoms with Crippen LogP contribution in [0.15, 0.2) is 35.6 Å². The zero-order chi connectivity index (χ0) is 18.1. The highest BCUT2D eigenvalue weighted by Gasteiger charge is 2.29. The molecular weight excluding hydrogens is 350 g/mol. The maximum atomic E-state index is 12.7. The summed E-state index contributed by atoms with van der Waals surface area (Å²) >= 11 is 1.58. The minimum Gasteiger partial charge on any atom is -0.392 e. The predicted octanol–water partition coefficient (Wildman–Crippen LogP) is 1.18. The number of aliphatic hydroxyl groups is 1. The Labute approximate surface area is 156 Å². The molecule has 1 unspecified atom stereocenters. The molecule has 0 saturated carbocycles. The molecule has 0 radical (unpaired) electrons. The van der Waals surface area contributed by atoms with E-state index in [1.807, 2.05) is 31.5 Å². The first-order valence-corrected chi connectivity index (χ1v) is 9.86. The molecule has 0 aromatic carbocycles. The van der Waals surface area contributed by atoms with Crippen LogP contribution >= 0.6 is 11.8 Å². The van der Waals surface area contributed by atoms with Crippen molar-refractivity contribution in [3.05, 3.63) is 35.6 Å². The number of aliphatic hydroxyl groups excluding tert-OH is 1. The molecule has 3 atom stereocenters. The van der Waals surface area contributed by atoms with Crippen molar-refractivity contribution in [3.63, 3.8) is 0 Å². The summed E-state index contributed by atoms with van der Waals surface area (Å²) in [6.45, 7) is 3.41. The van der Waals surface area contributed by atoms with E-state index >= 15 is 0 Å². The van der Waals surface area contributed by atoms with Gasteiger partial charge >= 0.3 is 0 Å². The van der Waals surface area contributed by atoms with E-state index in [1.54, 1.807) is 18.0 Å². The average Bonchev–Trinajstić information content (AvgIpc) is 3.30. The molecule has 2 aliphatic rings. The molecule has 138 valence electrons. The molecule has 26 heavy (non-hydrogen) atoms. The maximum absolute atomic E-state index is 12.7. The summed E-state index contributed by atoms with van der Waals surface area (Å²) in [4.78, 5) is 23.0. The lowest BCUT2D eigenvalue weighted by Gasteiger charge is -2.28. The Bertz CT molecular complexity index is 836. The molecule has 2 aliphatic heterocycles. The number of H-pyrrole nitrogens is 1. The topological polar surface area (TPSA) is 93.3 Å². The SMILES string of the molecule is CC(NC(=O)C1=CN(c2ccnc3[nH]ccc23)CCS1)[C@@H]1C[C@H](O)CN1. The number of aromatic amines is 1. The molecule has 4 N–H and O–H groups in total. The molecule has 1 fully saturated rings. The summed E-state index contributed by atoms with van der Waals surface area (Å²) in [5.41, 5.74) is 1.90. The van der Waals surface area contributed by atoms with Crippen molar-refractivity contribution >= 4 is 34.4 Å². The summed E-state index contributed by atoms with van der Waals surface area (Å²) in [5.74, 6) is 0.789. The first-order valence-electron chi connectivity index (χ1n) is 8.87. The van der Waals surface area contributed by atoms with Gasteiger partial charge in [0.05, 0.1) is 16.7 Å². The van der Waals surface area contributed by atoms with Crippen molar-refractivity contribution < 1.29 is 9.90 Å². The fourth-order valence-electron chi connectivity index (χ4n) is 3.51. The zero-order valence-corrected chi connectivity index (χ0v) is 15.4. The van der Waals surface area contributed by atoms with Crippen LogP contribution in [-0.2, 0) is 4.79 Å². The molecule has 2 aromatic rings. The second kappa shape index (κ2) is 7.30. The standard InChI is InChI=1S/C18H23N5O2S/c1-11(14-8-12(24)9-21-14)22-18(25)16-10-23(6-7-26-16)15-3-5-20-17-13(15)2-4-19-17/h2-5,10-12,14,21,24H,6-9H2,1H3,(H,19,20)(H,22,25)/t11?,12-,14-/m0/s1. The minimum atomic E-state index is -0.325. The van der Waals surface area contributed by atoms with Gasteiger partial charge in [-0.3, -0.25) is 4.79 Å². The highest BCUT2D eigenvalue weighted by molar-refractivity contribution is 8.04. The van der Waals surface area contributed by atoms with Crippen molar-refractivity contribution in [2.75, 3.05) is 23.7 Å². The first-order chi connectivity index (χ1) is 12.6. The summed E-state index contributed by atoms with van der Waals surface area (Å²) in [6, 6.07) is 4.06. The number of hydrogen-bond acceptors (Lipinski definition) is 6. The Balaban J connectivity index is 1.49. The van der Waals surface area contributed by atoms with Crippen molar-refractivity contribution in [1.82, 2.24) is 20.6 Å². The molecule has 0 bridgehead atoms. The Hall–Kier alpha value is -2.03. The Morgan fingerprint density at radius 3 is 3.19 bits per heavy atom. The molecular formula is C18H23N5O2S. The molecule has 8 heteroatoms. The Kier molecular flexibility index (Phi) is 4.88. The van der Waals surface area contributed by atoms with Crippen LogP contribution in [0.25, 0.3) is 11.0 Å². The van der Waals surface area contributed by atoms with Gasteiger partial charge in [0, 0.05) is 54.9 Å². The molecule has 2 aromatic heterocycles. The lowest BCUT2D eigenvalue weighted by molar-refractivity contribution is -0.117. The third-order valence-electron chi connectivity index (χ3n) is 4.94. The van der Waals surface area contributed by atoms with Crippen LogP contribution in [0.5, 0.6) is 0 Å². The van der Waals surface area contributed by atoms with Gasteiger partial charge in [0.1, 0.15) is 5.65 Å². The maximum Gasteiger partial charge on any atom is 0.259 e. The van der Waals surface area contributed by atoms with Crippen LogP contribution in [0.4, 0.5) is 5.69 Å².